The van der Waals surface area contributed by atoms with Gasteiger partial charge in [-0.25, -0.2) is 0 Å². The monoisotopic (exact) mass is 350 g/mol. The maximum Gasteiger partial charge on any atom is 0.229 e. The summed E-state index contributed by atoms with van der Waals surface area (Å²) in [6.45, 7) is 8.53. The van der Waals surface area contributed by atoms with Crippen LogP contribution in [0.15, 0.2) is 0 Å². The van der Waals surface area contributed by atoms with Crippen molar-refractivity contribution >= 4 is 17.8 Å². The average molecular weight is 351 g/mol. The lowest BCUT2D eigenvalue weighted by Gasteiger charge is -2.24. The summed E-state index contributed by atoms with van der Waals surface area (Å²) in [6, 6.07) is 0.636. The lowest BCUT2D eigenvalue weighted by atomic mass is 9.96. The van der Waals surface area contributed by atoms with Crippen LogP contribution >= 0.6 is 0 Å². The van der Waals surface area contributed by atoms with E-state index in [1.54, 1.807) is 0 Å². The molecule has 0 saturated heterocycles. The van der Waals surface area contributed by atoms with Crippen molar-refractivity contribution < 1.29 is 5.11 Å². The molecule has 142 valence electrons. The lowest BCUT2D eigenvalue weighted by Crippen LogP contribution is -2.28. The standard InChI is InChI=1S/C18H34N6O/c1-5-14(11-25)20-17-22-16(19-13(4)12(2)3)23-18(24-17)21-15-9-7-6-8-10-15/h12-15,25H,5-11H2,1-4H3,(H3,19,20,21,22,23,24)/t13?,14-/m1/s1. The van der Waals surface area contributed by atoms with Gasteiger partial charge < -0.3 is 21.1 Å². The number of nitrogens with zero attached hydrogens (tertiary/aromatic N) is 3. The van der Waals surface area contributed by atoms with Gasteiger partial charge in [-0.2, -0.15) is 15.0 Å². The Morgan fingerprint density at radius 2 is 1.56 bits per heavy atom. The van der Waals surface area contributed by atoms with Crippen LogP contribution in [0, 0.1) is 5.92 Å². The fourth-order valence-electron chi connectivity index (χ4n) is 2.83. The van der Waals surface area contributed by atoms with Crippen LogP contribution in [-0.2, 0) is 0 Å². The van der Waals surface area contributed by atoms with Crippen LogP contribution < -0.4 is 16.0 Å². The van der Waals surface area contributed by atoms with E-state index in [-0.39, 0.29) is 18.7 Å². The summed E-state index contributed by atoms with van der Waals surface area (Å²) < 4.78 is 0. The van der Waals surface area contributed by atoms with E-state index in [0.29, 0.717) is 29.8 Å². The first-order valence-corrected chi connectivity index (χ1v) is 9.68. The minimum absolute atomic E-state index is 0.0543. The molecule has 1 unspecified atom stereocenters. The number of nitrogens with one attached hydrogen (secondary N) is 3. The topological polar surface area (TPSA) is 95.0 Å². The number of anilines is 3. The second kappa shape index (κ2) is 9.75. The van der Waals surface area contributed by atoms with Gasteiger partial charge in [0.05, 0.1) is 12.6 Å². The summed E-state index contributed by atoms with van der Waals surface area (Å²) in [5.74, 6) is 2.16. The Labute approximate surface area is 151 Å². The second-order valence-electron chi connectivity index (χ2n) is 7.39. The minimum atomic E-state index is -0.0553. The predicted molar refractivity (Wildman–Crippen MR) is 103 cm³/mol. The summed E-state index contributed by atoms with van der Waals surface area (Å²) in [4.78, 5) is 13.6. The third-order valence-corrected chi connectivity index (χ3v) is 4.98. The van der Waals surface area contributed by atoms with Crippen molar-refractivity contribution in [3.8, 4) is 0 Å². The molecule has 7 heteroatoms. The van der Waals surface area contributed by atoms with Gasteiger partial charge in [0.15, 0.2) is 0 Å². The smallest absolute Gasteiger partial charge is 0.229 e. The lowest BCUT2D eigenvalue weighted by molar-refractivity contribution is 0.271. The maximum atomic E-state index is 9.44. The molecule has 1 heterocycles. The highest BCUT2D eigenvalue weighted by atomic mass is 16.3. The number of hydrogen-bond acceptors (Lipinski definition) is 7. The van der Waals surface area contributed by atoms with E-state index in [9.17, 15) is 5.11 Å². The molecular formula is C18H34N6O. The van der Waals surface area contributed by atoms with Gasteiger partial charge in [-0.15, -0.1) is 0 Å². The van der Waals surface area contributed by atoms with Gasteiger partial charge in [0.25, 0.3) is 0 Å². The van der Waals surface area contributed by atoms with Gasteiger partial charge in [-0.1, -0.05) is 40.0 Å². The molecule has 2 atom stereocenters. The highest BCUT2D eigenvalue weighted by Gasteiger charge is 2.17. The van der Waals surface area contributed by atoms with Gasteiger partial charge in [0.2, 0.25) is 17.8 Å². The molecule has 0 spiro atoms. The predicted octanol–water partition coefficient (Wildman–Crippen LogP) is 3.26. The third-order valence-electron chi connectivity index (χ3n) is 4.98. The average Bonchev–Trinajstić information content (AvgIpc) is 2.60. The summed E-state index contributed by atoms with van der Waals surface area (Å²) in [5, 5.41) is 19.5. The van der Waals surface area contributed by atoms with Crippen LogP contribution in [0.25, 0.3) is 0 Å². The van der Waals surface area contributed by atoms with E-state index < -0.39 is 0 Å². The Morgan fingerprint density at radius 3 is 2.12 bits per heavy atom. The second-order valence-corrected chi connectivity index (χ2v) is 7.39. The Kier molecular flexibility index (Phi) is 7.68. The molecule has 25 heavy (non-hydrogen) atoms. The molecular weight excluding hydrogens is 316 g/mol. The van der Waals surface area contributed by atoms with E-state index in [0.717, 1.165) is 19.3 Å². The van der Waals surface area contributed by atoms with Crippen molar-refractivity contribution in [2.75, 3.05) is 22.6 Å². The summed E-state index contributed by atoms with van der Waals surface area (Å²) in [6.07, 6.45) is 6.95. The number of aliphatic hydroxyl groups excluding tert-OH is 1. The molecule has 1 aromatic heterocycles. The molecule has 1 aliphatic rings. The third kappa shape index (κ3) is 6.30. The first kappa shape index (κ1) is 19.7. The van der Waals surface area contributed by atoms with Gasteiger partial charge in [-0.05, 0) is 32.1 Å². The quantitative estimate of drug-likeness (QED) is 0.543. The van der Waals surface area contributed by atoms with Crippen molar-refractivity contribution in [2.45, 2.75) is 84.3 Å². The van der Waals surface area contributed by atoms with Crippen molar-refractivity contribution in [3.63, 3.8) is 0 Å². The van der Waals surface area contributed by atoms with Gasteiger partial charge in [0.1, 0.15) is 0 Å². The molecule has 2 rings (SSSR count). The van der Waals surface area contributed by atoms with Crippen LogP contribution in [0.5, 0.6) is 0 Å². The number of aromatic nitrogens is 3. The molecule has 4 N–H and O–H groups in total. The number of aliphatic hydroxyl groups is 1. The summed E-state index contributed by atoms with van der Waals surface area (Å²) in [7, 11) is 0. The van der Waals surface area contributed by atoms with E-state index >= 15 is 0 Å². The molecule has 0 aliphatic heterocycles. The molecule has 0 amide bonds. The molecule has 1 saturated carbocycles. The van der Waals surface area contributed by atoms with E-state index in [1.807, 2.05) is 6.92 Å². The highest BCUT2D eigenvalue weighted by molar-refractivity contribution is 5.43. The Morgan fingerprint density at radius 1 is 0.960 bits per heavy atom. The Balaban J connectivity index is 2.17. The van der Waals surface area contributed by atoms with Crippen molar-refractivity contribution in [3.05, 3.63) is 0 Å². The first-order chi connectivity index (χ1) is 12.0. The highest BCUT2D eigenvalue weighted by Crippen LogP contribution is 2.21. The van der Waals surface area contributed by atoms with Crippen LogP contribution in [0.4, 0.5) is 17.8 Å². The van der Waals surface area contributed by atoms with Crippen LogP contribution in [0.3, 0.4) is 0 Å². The van der Waals surface area contributed by atoms with E-state index in [2.05, 4.69) is 51.7 Å². The molecule has 0 bridgehead atoms. The van der Waals surface area contributed by atoms with E-state index in [1.165, 1.54) is 19.3 Å². The fourth-order valence-corrected chi connectivity index (χ4v) is 2.83. The normalized spacial score (nSPS) is 18.0. The number of hydrogen-bond donors (Lipinski definition) is 4. The SMILES string of the molecule is CC[C@H](CO)Nc1nc(NC2CCCCC2)nc(NC(C)C(C)C)n1. The summed E-state index contributed by atoms with van der Waals surface area (Å²) >= 11 is 0. The molecule has 1 fully saturated rings. The Bertz CT molecular complexity index is 492. The van der Waals surface area contributed by atoms with Gasteiger partial charge in [-0.3, -0.25) is 0 Å². The maximum absolute atomic E-state index is 9.44. The van der Waals surface area contributed by atoms with E-state index in [4.69, 9.17) is 0 Å². The van der Waals surface area contributed by atoms with Crippen LogP contribution in [0.1, 0.15) is 66.2 Å². The summed E-state index contributed by atoms with van der Waals surface area (Å²) in [5.41, 5.74) is 0. The van der Waals surface area contributed by atoms with Crippen LogP contribution in [-0.4, -0.2) is 44.8 Å². The fraction of sp³-hybridized carbons (Fsp3) is 0.833. The van der Waals surface area contributed by atoms with Crippen molar-refractivity contribution in [1.29, 1.82) is 0 Å². The van der Waals surface area contributed by atoms with Gasteiger partial charge in [0, 0.05) is 12.1 Å². The Hall–Kier alpha value is -1.63. The van der Waals surface area contributed by atoms with Crippen molar-refractivity contribution in [2.24, 2.45) is 5.92 Å². The molecule has 0 radical (unpaired) electrons. The molecule has 0 aromatic carbocycles. The zero-order valence-corrected chi connectivity index (χ0v) is 16.0. The molecule has 7 nitrogen and oxygen atoms in total. The van der Waals surface area contributed by atoms with Crippen LogP contribution in [0.2, 0.25) is 0 Å². The molecule has 1 aromatic rings. The molecule has 1 aliphatic carbocycles. The minimum Gasteiger partial charge on any atom is -0.394 e. The van der Waals surface area contributed by atoms with Gasteiger partial charge >= 0.3 is 0 Å². The first-order valence-electron chi connectivity index (χ1n) is 9.68. The zero-order chi connectivity index (χ0) is 18.2. The number of rotatable bonds is 9. The zero-order valence-electron chi connectivity index (χ0n) is 16.0. The van der Waals surface area contributed by atoms with Crippen molar-refractivity contribution in [1.82, 2.24) is 15.0 Å². The largest absolute Gasteiger partial charge is 0.394 e.